The zero-order valence-corrected chi connectivity index (χ0v) is 13.1. The summed E-state index contributed by atoms with van der Waals surface area (Å²) in [4.78, 5) is 11.7. The first kappa shape index (κ1) is 20.0. The van der Waals surface area contributed by atoms with E-state index < -0.39 is 0 Å². The lowest BCUT2D eigenvalue weighted by molar-refractivity contribution is -0.124. The summed E-state index contributed by atoms with van der Waals surface area (Å²) in [5.41, 5.74) is 5.43. The smallest absolute Gasteiger partial charge is 0.222 e. The van der Waals surface area contributed by atoms with Gasteiger partial charge in [-0.3, -0.25) is 4.79 Å². The second-order valence-corrected chi connectivity index (χ2v) is 5.58. The molecule has 0 spiro atoms. The van der Waals surface area contributed by atoms with Crippen molar-refractivity contribution in [3.63, 3.8) is 0 Å². The summed E-state index contributed by atoms with van der Waals surface area (Å²) < 4.78 is 5.35. The molecular weight excluding hydrogens is 252 g/mol. The van der Waals surface area contributed by atoms with Crippen LogP contribution in [0.4, 0.5) is 0 Å². The molecule has 5 heteroatoms. The van der Waals surface area contributed by atoms with Crippen molar-refractivity contribution >= 4 is 18.3 Å². The van der Waals surface area contributed by atoms with E-state index in [1.165, 1.54) is 0 Å². The van der Waals surface area contributed by atoms with Crippen molar-refractivity contribution in [1.29, 1.82) is 0 Å². The van der Waals surface area contributed by atoms with Crippen LogP contribution < -0.4 is 11.1 Å². The molecule has 1 amide bonds. The number of amides is 1. The number of nitrogens with two attached hydrogens (primary N) is 1. The van der Waals surface area contributed by atoms with Gasteiger partial charge in [-0.15, -0.1) is 12.4 Å². The highest BCUT2D eigenvalue weighted by atomic mass is 35.5. The fourth-order valence-electron chi connectivity index (χ4n) is 1.87. The molecule has 0 saturated heterocycles. The normalized spacial score (nSPS) is 14.2. The highest BCUT2D eigenvalue weighted by molar-refractivity contribution is 5.85. The molecular formula is C13H29ClN2O2. The summed E-state index contributed by atoms with van der Waals surface area (Å²) in [5.74, 6) is 0.523. The predicted octanol–water partition coefficient (Wildman–Crippen LogP) is 2.10. The number of hydrogen-bond donors (Lipinski definition) is 2. The largest absolute Gasteiger partial charge is 0.378 e. The average molecular weight is 281 g/mol. The van der Waals surface area contributed by atoms with Gasteiger partial charge in [-0.1, -0.05) is 13.8 Å². The highest BCUT2D eigenvalue weighted by Crippen LogP contribution is 2.15. The lowest BCUT2D eigenvalue weighted by atomic mass is 9.90. The van der Waals surface area contributed by atoms with E-state index in [0.29, 0.717) is 25.5 Å². The van der Waals surface area contributed by atoms with E-state index >= 15 is 0 Å². The maximum Gasteiger partial charge on any atom is 0.222 e. The van der Waals surface area contributed by atoms with Crippen LogP contribution in [0.5, 0.6) is 0 Å². The highest BCUT2D eigenvalue weighted by Gasteiger charge is 2.25. The van der Waals surface area contributed by atoms with Crippen molar-refractivity contribution in [2.75, 3.05) is 13.2 Å². The molecule has 4 nitrogen and oxygen atoms in total. The van der Waals surface area contributed by atoms with Crippen LogP contribution >= 0.6 is 12.4 Å². The lowest BCUT2D eigenvalue weighted by Gasteiger charge is -2.31. The Morgan fingerprint density at radius 1 is 1.33 bits per heavy atom. The molecule has 110 valence electrons. The topological polar surface area (TPSA) is 64.3 Å². The Labute approximate surface area is 117 Å². The van der Waals surface area contributed by atoms with E-state index in [2.05, 4.69) is 19.2 Å². The minimum atomic E-state index is -0.302. The lowest BCUT2D eigenvalue weighted by Crippen LogP contribution is -2.52. The Hall–Kier alpha value is -0.320. The summed E-state index contributed by atoms with van der Waals surface area (Å²) in [6.45, 7) is 11.1. The summed E-state index contributed by atoms with van der Waals surface area (Å²) in [7, 11) is 0. The average Bonchev–Trinajstić information content (AvgIpc) is 2.15. The van der Waals surface area contributed by atoms with Crippen molar-refractivity contribution < 1.29 is 9.53 Å². The zero-order valence-electron chi connectivity index (χ0n) is 12.3. The maximum atomic E-state index is 11.7. The predicted molar refractivity (Wildman–Crippen MR) is 78.0 cm³/mol. The third kappa shape index (κ3) is 9.68. The summed E-state index contributed by atoms with van der Waals surface area (Å²) in [6, 6.07) is 0. The molecule has 0 aromatic heterocycles. The van der Waals surface area contributed by atoms with Crippen LogP contribution in [-0.4, -0.2) is 30.7 Å². The van der Waals surface area contributed by atoms with Crippen LogP contribution in [0.1, 0.15) is 47.5 Å². The van der Waals surface area contributed by atoms with Gasteiger partial charge < -0.3 is 15.8 Å². The van der Waals surface area contributed by atoms with Crippen molar-refractivity contribution in [1.82, 2.24) is 5.32 Å². The monoisotopic (exact) mass is 280 g/mol. The molecule has 1 unspecified atom stereocenters. The van der Waals surface area contributed by atoms with Gasteiger partial charge in [0, 0.05) is 18.5 Å². The van der Waals surface area contributed by atoms with Crippen LogP contribution in [0.2, 0.25) is 0 Å². The number of rotatable bonds is 8. The van der Waals surface area contributed by atoms with Crippen LogP contribution in [0.3, 0.4) is 0 Å². The number of ether oxygens (including phenoxy) is 1. The molecule has 18 heavy (non-hydrogen) atoms. The molecule has 0 aliphatic heterocycles. The first-order chi connectivity index (χ1) is 7.79. The molecule has 0 radical (unpaired) electrons. The van der Waals surface area contributed by atoms with Gasteiger partial charge in [0.1, 0.15) is 0 Å². The molecule has 0 aromatic carbocycles. The number of carbonyl (C=O) groups is 1. The van der Waals surface area contributed by atoms with Crippen LogP contribution in [0.25, 0.3) is 0 Å². The minimum Gasteiger partial charge on any atom is -0.378 e. The first-order valence-electron chi connectivity index (χ1n) is 6.42. The summed E-state index contributed by atoms with van der Waals surface area (Å²) in [6.07, 6.45) is 1.45. The van der Waals surface area contributed by atoms with Crippen molar-refractivity contribution in [3.05, 3.63) is 0 Å². The van der Waals surface area contributed by atoms with Gasteiger partial charge in [0.15, 0.2) is 0 Å². The molecule has 0 heterocycles. The molecule has 0 rings (SSSR count). The van der Waals surface area contributed by atoms with Crippen molar-refractivity contribution in [2.45, 2.75) is 59.1 Å². The van der Waals surface area contributed by atoms with Gasteiger partial charge in [-0.25, -0.2) is 0 Å². The Morgan fingerprint density at radius 3 is 2.28 bits per heavy atom. The van der Waals surface area contributed by atoms with Crippen LogP contribution in [0, 0.1) is 5.92 Å². The van der Waals surface area contributed by atoms with Gasteiger partial charge in [0.2, 0.25) is 5.91 Å². The third-order valence-electron chi connectivity index (χ3n) is 2.53. The van der Waals surface area contributed by atoms with Crippen LogP contribution in [-0.2, 0) is 9.53 Å². The van der Waals surface area contributed by atoms with E-state index in [-0.39, 0.29) is 30.0 Å². The molecule has 0 aromatic rings. The molecule has 1 atom stereocenters. The van der Waals surface area contributed by atoms with Gasteiger partial charge in [-0.05, 0) is 33.1 Å². The summed E-state index contributed by atoms with van der Waals surface area (Å²) >= 11 is 0. The third-order valence-corrected chi connectivity index (χ3v) is 2.53. The standard InChI is InChI=1S/C13H28N2O2.ClH/c1-10(2)8-13(5,9-14)15-12(16)6-7-17-11(3)4;/h10-11H,6-9,14H2,1-5H3,(H,15,16);1H. The number of carbonyl (C=O) groups excluding carboxylic acids is 1. The number of halogens is 1. The van der Waals surface area contributed by atoms with Crippen molar-refractivity contribution in [2.24, 2.45) is 11.7 Å². The number of nitrogens with one attached hydrogen (secondary N) is 1. The fourth-order valence-corrected chi connectivity index (χ4v) is 1.87. The quantitative estimate of drug-likeness (QED) is 0.716. The molecule has 3 N–H and O–H groups in total. The summed E-state index contributed by atoms with van der Waals surface area (Å²) in [5, 5.41) is 3.00. The van der Waals surface area contributed by atoms with Crippen LogP contribution in [0.15, 0.2) is 0 Å². The van der Waals surface area contributed by atoms with E-state index in [4.69, 9.17) is 10.5 Å². The van der Waals surface area contributed by atoms with E-state index in [9.17, 15) is 4.79 Å². The second-order valence-electron chi connectivity index (χ2n) is 5.58. The van der Waals surface area contributed by atoms with E-state index in [1.807, 2.05) is 20.8 Å². The Balaban J connectivity index is 0. The Morgan fingerprint density at radius 2 is 1.89 bits per heavy atom. The van der Waals surface area contributed by atoms with Gasteiger partial charge in [0.25, 0.3) is 0 Å². The molecule has 0 fully saturated rings. The Kier molecular flexibility index (Phi) is 10.7. The second kappa shape index (κ2) is 9.59. The van der Waals surface area contributed by atoms with Gasteiger partial charge >= 0.3 is 0 Å². The maximum absolute atomic E-state index is 11.7. The fraction of sp³-hybridized carbons (Fsp3) is 0.923. The first-order valence-corrected chi connectivity index (χ1v) is 6.42. The molecule has 0 bridgehead atoms. The molecule has 0 saturated carbocycles. The number of hydrogen-bond acceptors (Lipinski definition) is 3. The van der Waals surface area contributed by atoms with E-state index in [0.717, 1.165) is 6.42 Å². The molecule has 0 aliphatic carbocycles. The molecule has 0 aliphatic rings. The Bertz CT molecular complexity index is 235. The minimum absolute atomic E-state index is 0. The van der Waals surface area contributed by atoms with Gasteiger partial charge in [0.05, 0.1) is 12.7 Å². The SMILES string of the molecule is CC(C)CC(C)(CN)NC(=O)CCOC(C)C.Cl. The van der Waals surface area contributed by atoms with E-state index in [1.54, 1.807) is 0 Å². The zero-order chi connectivity index (χ0) is 13.5. The van der Waals surface area contributed by atoms with Gasteiger partial charge in [-0.2, -0.15) is 0 Å². The van der Waals surface area contributed by atoms with Crippen molar-refractivity contribution in [3.8, 4) is 0 Å².